The average Bonchev–Trinajstić information content (AvgIpc) is 3.20. The molecule has 2 aliphatic heterocycles. The van der Waals surface area contributed by atoms with Gasteiger partial charge in [-0.05, 0) is 62.8 Å². The van der Waals surface area contributed by atoms with Gasteiger partial charge in [-0.15, -0.1) is 0 Å². The van der Waals surface area contributed by atoms with Crippen molar-refractivity contribution in [2.45, 2.75) is 57.2 Å². The number of hydrogen-bond donors (Lipinski definition) is 0. The van der Waals surface area contributed by atoms with Crippen LogP contribution in [0, 0.1) is 17.2 Å². The van der Waals surface area contributed by atoms with Crippen molar-refractivity contribution in [3.05, 3.63) is 52.2 Å². The lowest BCUT2D eigenvalue weighted by Crippen LogP contribution is -2.40. The van der Waals surface area contributed by atoms with Crippen molar-refractivity contribution in [2.75, 3.05) is 18.0 Å². The molecule has 2 fully saturated rings. The Kier molecular flexibility index (Phi) is 6.42. The normalized spacial score (nSPS) is 22.9. The Morgan fingerprint density at radius 3 is 2.53 bits per heavy atom. The van der Waals surface area contributed by atoms with Crippen molar-refractivity contribution in [2.24, 2.45) is 5.92 Å². The number of halogens is 1. The molecular formula is C26H27ClN4O3. The van der Waals surface area contributed by atoms with E-state index in [2.05, 4.69) is 11.0 Å². The maximum Gasteiger partial charge on any atom is 0.256 e. The number of fused-ring (bicyclic) bond motifs is 1. The van der Waals surface area contributed by atoms with Crippen LogP contribution in [0.5, 0.6) is 5.75 Å². The molecule has 0 N–H and O–H groups in total. The van der Waals surface area contributed by atoms with Crippen molar-refractivity contribution < 1.29 is 14.3 Å². The summed E-state index contributed by atoms with van der Waals surface area (Å²) in [6.45, 7) is 2.19. The van der Waals surface area contributed by atoms with Gasteiger partial charge in [0.15, 0.2) is 0 Å². The number of nitriles is 1. The lowest BCUT2D eigenvalue weighted by atomic mass is 9.92. The van der Waals surface area contributed by atoms with Crippen molar-refractivity contribution >= 4 is 29.6 Å². The molecule has 5 rings (SSSR count). The molecule has 3 heterocycles. The molecule has 0 atom stereocenters. The van der Waals surface area contributed by atoms with Crippen LogP contribution in [0.15, 0.2) is 30.3 Å². The van der Waals surface area contributed by atoms with Gasteiger partial charge < -0.3 is 19.3 Å². The predicted octanol–water partition coefficient (Wildman–Crippen LogP) is 4.37. The summed E-state index contributed by atoms with van der Waals surface area (Å²) in [4.78, 5) is 33.1. The number of aromatic nitrogens is 1. The molecule has 0 radical (unpaired) electrons. The molecule has 0 unspecified atom stereocenters. The Balaban J connectivity index is 1.18. The third-order valence-electron chi connectivity index (χ3n) is 7.28. The van der Waals surface area contributed by atoms with Crippen LogP contribution in [0.4, 0.5) is 5.82 Å². The molecule has 2 aromatic rings. The number of nitrogens with zero attached hydrogens (tertiary/aromatic N) is 4. The molecule has 1 saturated heterocycles. The molecule has 0 spiro atoms. The number of anilines is 1. The SMILES string of the molecule is N#Cc1ccc(OC2CCC(N3Cc4nc(N5CCC(C=O)CC5)ccc4C3=O)CC2)cc1Cl. The molecule has 34 heavy (non-hydrogen) atoms. The van der Waals surface area contributed by atoms with Crippen molar-refractivity contribution in [3.8, 4) is 11.8 Å². The fraction of sp³-hybridized carbons (Fsp3) is 0.462. The van der Waals surface area contributed by atoms with Gasteiger partial charge in [0.25, 0.3) is 5.91 Å². The fourth-order valence-corrected chi connectivity index (χ4v) is 5.47. The number of benzene rings is 1. The molecule has 0 bridgehead atoms. The first-order valence-electron chi connectivity index (χ1n) is 11.9. The van der Waals surface area contributed by atoms with Gasteiger partial charge in [-0.3, -0.25) is 4.79 Å². The van der Waals surface area contributed by atoms with Crippen molar-refractivity contribution in [1.82, 2.24) is 9.88 Å². The topological polar surface area (TPSA) is 86.5 Å². The summed E-state index contributed by atoms with van der Waals surface area (Å²) in [6.07, 6.45) is 6.30. The Morgan fingerprint density at radius 1 is 1.09 bits per heavy atom. The zero-order valence-electron chi connectivity index (χ0n) is 19.0. The minimum absolute atomic E-state index is 0.0666. The standard InChI is InChI=1S/C26H27ClN4O3/c27-23-13-21(4-1-18(23)14-28)34-20-5-2-19(3-6-20)31-15-24-22(26(31)33)7-8-25(29-24)30-11-9-17(16-32)10-12-30/h1,4,7-8,13,16-17,19-20H,2-3,5-6,9-12,15H2. The molecule has 176 valence electrons. The van der Waals surface area contributed by atoms with E-state index in [0.717, 1.165) is 69.4 Å². The average molecular weight is 479 g/mol. The van der Waals surface area contributed by atoms with E-state index >= 15 is 0 Å². The highest BCUT2D eigenvalue weighted by atomic mass is 35.5. The number of pyridine rings is 1. The van der Waals surface area contributed by atoms with Gasteiger partial charge in [0.1, 0.15) is 23.9 Å². The van der Waals surface area contributed by atoms with Gasteiger partial charge >= 0.3 is 0 Å². The minimum Gasteiger partial charge on any atom is -0.490 e. The van der Waals surface area contributed by atoms with Gasteiger partial charge in [0.05, 0.1) is 34.5 Å². The minimum atomic E-state index is 0.0666. The maximum atomic E-state index is 13.1. The second-order valence-electron chi connectivity index (χ2n) is 9.36. The number of rotatable bonds is 5. The van der Waals surface area contributed by atoms with Crippen LogP contribution in [0.1, 0.15) is 60.1 Å². The van der Waals surface area contributed by atoms with Gasteiger partial charge in [-0.25, -0.2) is 4.98 Å². The Hall–Kier alpha value is -3.11. The van der Waals surface area contributed by atoms with Crippen LogP contribution in [0.25, 0.3) is 0 Å². The number of ether oxygens (including phenoxy) is 1. The zero-order valence-corrected chi connectivity index (χ0v) is 19.7. The molecule has 3 aliphatic rings. The van der Waals surface area contributed by atoms with E-state index in [4.69, 9.17) is 26.6 Å². The van der Waals surface area contributed by atoms with Gasteiger partial charge in [0.2, 0.25) is 0 Å². The summed E-state index contributed by atoms with van der Waals surface area (Å²) in [5.41, 5.74) is 2.00. The highest BCUT2D eigenvalue weighted by molar-refractivity contribution is 6.31. The van der Waals surface area contributed by atoms with Crippen LogP contribution in [-0.4, -0.2) is 47.3 Å². The second kappa shape index (κ2) is 9.63. The fourth-order valence-electron chi connectivity index (χ4n) is 5.26. The van der Waals surface area contributed by atoms with Gasteiger partial charge in [-0.2, -0.15) is 5.26 Å². The molecule has 1 aromatic heterocycles. The molecule has 1 aromatic carbocycles. The van der Waals surface area contributed by atoms with E-state index in [1.165, 1.54) is 0 Å². The molecular weight excluding hydrogens is 452 g/mol. The largest absolute Gasteiger partial charge is 0.490 e. The second-order valence-corrected chi connectivity index (χ2v) is 9.77. The first kappa shape index (κ1) is 22.7. The summed E-state index contributed by atoms with van der Waals surface area (Å²) in [6, 6.07) is 11.2. The Bertz CT molecular complexity index is 1130. The monoisotopic (exact) mass is 478 g/mol. The predicted molar refractivity (Wildman–Crippen MR) is 128 cm³/mol. The van der Waals surface area contributed by atoms with E-state index in [9.17, 15) is 9.59 Å². The number of hydrogen-bond acceptors (Lipinski definition) is 6. The van der Waals surface area contributed by atoms with Crippen LogP contribution in [-0.2, 0) is 11.3 Å². The van der Waals surface area contributed by atoms with E-state index in [0.29, 0.717) is 28.4 Å². The highest BCUT2D eigenvalue weighted by Gasteiger charge is 2.36. The van der Waals surface area contributed by atoms with Gasteiger partial charge in [-0.1, -0.05) is 11.6 Å². The van der Waals surface area contributed by atoms with Crippen LogP contribution in [0.3, 0.4) is 0 Å². The lowest BCUT2D eigenvalue weighted by molar-refractivity contribution is -0.111. The molecule has 1 saturated carbocycles. The number of aldehydes is 1. The molecule has 1 aliphatic carbocycles. The van der Waals surface area contributed by atoms with E-state index < -0.39 is 0 Å². The van der Waals surface area contributed by atoms with E-state index in [-0.39, 0.29) is 24.0 Å². The van der Waals surface area contributed by atoms with Crippen LogP contribution >= 0.6 is 11.6 Å². The first-order chi connectivity index (χ1) is 16.6. The number of amides is 1. The summed E-state index contributed by atoms with van der Waals surface area (Å²) >= 11 is 6.12. The Labute approximate surface area is 204 Å². The smallest absolute Gasteiger partial charge is 0.256 e. The van der Waals surface area contributed by atoms with Crippen molar-refractivity contribution in [3.63, 3.8) is 0 Å². The Morgan fingerprint density at radius 2 is 1.85 bits per heavy atom. The van der Waals surface area contributed by atoms with Crippen molar-refractivity contribution in [1.29, 1.82) is 5.26 Å². The number of carbonyl (C=O) groups is 2. The van der Waals surface area contributed by atoms with Gasteiger partial charge in [0, 0.05) is 31.1 Å². The van der Waals surface area contributed by atoms with E-state index in [1.807, 2.05) is 17.0 Å². The van der Waals surface area contributed by atoms with E-state index in [1.54, 1.807) is 18.2 Å². The summed E-state index contributed by atoms with van der Waals surface area (Å²) in [5.74, 6) is 1.79. The molecule has 8 heteroatoms. The third-order valence-corrected chi connectivity index (χ3v) is 7.59. The quantitative estimate of drug-likeness (QED) is 0.593. The van der Waals surface area contributed by atoms with Crippen LogP contribution in [0.2, 0.25) is 5.02 Å². The molecule has 1 amide bonds. The maximum absolute atomic E-state index is 13.1. The number of piperidine rings is 1. The number of carbonyl (C=O) groups excluding carboxylic acids is 2. The molecule has 7 nitrogen and oxygen atoms in total. The third kappa shape index (κ3) is 4.47. The first-order valence-corrected chi connectivity index (χ1v) is 12.3. The summed E-state index contributed by atoms with van der Waals surface area (Å²) in [7, 11) is 0. The summed E-state index contributed by atoms with van der Waals surface area (Å²) in [5, 5.41) is 9.42. The zero-order chi connectivity index (χ0) is 23.7. The van der Waals surface area contributed by atoms with Crippen LogP contribution < -0.4 is 9.64 Å². The highest BCUT2D eigenvalue weighted by Crippen LogP contribution is 2.34. The summed E-state index contributed by atoms with van der Waals surface area (Å²) < 4.78 is 6.10. The lowest BCUT2D eigenvalue weighted by Gasteiger charge is -2.34.